The van der Waals surface area contributed by atoms with Crippen molar-refractivity contribution in [3.63, 3.8) is 0 Å². The van der Waals surface area contributed by atoms with Gasteiger partial charge in [-0.05, 0) is 18.6 Å². The molecule has 0 unspecified atom stereocenters. The highest BCUT2D eigenvalue weighted by Gasteiger charge is 1.99. The van der Waals surface area contributed by atoms with Gasteiger partial charge in [-0.25, -0.2) is 4.98 Å². The molecule has 0 atom stereocenters. The van der Waals surface area contributed by atoms with E-state index in [2.05, 4.69) is 42.4 Å². The Morgan fingerprint density at radius 3 is 2.77 bits per heavy atom. The summed E-state index contributed by atoms with van der Waals surface area (Å²) in [6.45, 7) is 2.16. The van der Waals surface area contributed by atoms with E-state index in [1.165, 1.54) is 16.5 Å². The minimum atomic E-state index is 0. The quantitative estimate of drug-likeness (QED) is 0.565. The Balaban J connectivity index is 0.000000845. The van der Waals surface area contributed by atoms with Crippen molar-refractivity contribution in [2.75, 3.05) is 0 Å². The van der Waals surface area contributed by atoms with Crippen molar-refractivity contribution in [2.45, 2.75) is 13.3 Å². The summed E-state index contributed by atoms with van der Waals surface area (Å²) in [5.74, 6) is 0. The van der Waals surface area contributed by atoms with E-state index in [0.717, 1.165) is 6.42 Å². The fraction of sp³-hybridized carbons (Fsp3) is 0.182. The van der Waals surface area contributed by atoms with Crippen LogP contribution in [-0.2, 0) is 6.42 Å². The number of aromatic nitrogens is 1. The normalized spacial score (nSPS) is 9.62. The van der Waals surface area contributed by atoms with E-state index in [9.17, 15) is 0 Å². The standard InChI is InChI=1S/C11H11N.ClH/c1-2-9-7-10-5-3-4-6-11(10)12-8-9;/h3-8H,2H2,1H3;1H. The van der Waals surface area contributed by atoms with Gasteiger partial charge in [0.1, 0.15) is 0 Å². The molecule has 0 amide bonds. The average molecular weight is 194 g/mol. The molecule has 0 aliphatic carbocycles. The number of rotatable bonds is 1. The monoisotopic (exact) mass is 193 g/mol. The molecule has 1 heterocycles. The van der Waals surface area contributed by atoms with Crippen LogP contribution < -0.4 is 17.4 Å². The van der Waals surface area contributed by atoms with Crippen LogP contribution in [0.5, 0.6) is 0 Å². The van der Waals surface area contributed by atoms with E-state index in [4.69, 9.17) is 0 Å². The van der Waals surface area contributed by atoms with E-state index in [1.807, 2.05) is 6.07 Å². The summed E-state index contributed by atoms with van der Waals surface area (Å²) in [6.07, 6.45) is 3.16. The van der Waals surface area contributed by atoms with E-state index >= 15 is 0 Å². The highest BCUT2D eigenvalue weighted by Crippen LogP contribution is 2.09. The number of aromatic amines is 1. The van der Waals surface area contributed by atoms with Gasteiger partial charge in [-0.1, -0.05) is 19.1 Å². The van der Waals surface area contributed by atoms with Crippen LogP contribution in [0.1, 0.15) is 12.5 Å². The van der Waals surface area contributed by atoms with Gasteiger partial charge in [0.25, 0.3) is 0 Å². The zero-order valence-corrected chi connectivity index (χ0v) is 8.31. The molecule has 2 aromatic rings. The molecule has 0 aliphatic rings. The third-order valence-electron chi connectivity index (χ3n) is 2.12. The van der Waals surface area contributed by atoms with Crippen LogP contribution in [0.2, 0.25) is 0 Å². The summed E-state index contributed by atoms with van der Waals surface area (Å²) in [5, 5.41) is 1.29. The van der Waals surface area contributed by atoms with Crippen LogP contribution in [0.3, 0.4) is 0 Å². The van der Waals surface area contributed by atoms with Gasteiger partial charge in [0.05, 0.1) is 0 Å². The summed E-state index contributed by atoms with van der Waals surface area (Å²) < 4.78 is 0. The molecule has 1 aromatic heterocycles. The van der Waals surface area contributed by atoms with Gasteiger partial charge >= 0.3 is 0 Å². The second-order valence-electron chi connectivity index (χ2n) is 2.95. The molecule has 68 valence electrons. The fourth-order valence-corrected chi connectivity index (χ4v) is 1.37. The van der Waals surface area contributed by atoms with Gasteiger partial charge in [-0.15, -0.1) is 0 Å². The third kappa shape index (κ3) is 1.99. The predicted molar refractivity (Wildman–Crippen MR) is 49.9 cm³/mol. The number of benzene rings is 1. The number of nitrogens with one attached hydrogen (secondary N) is 1. The number of halogens is 1. The Kier molecular flexibility index (Phi) is 3.26. The van der Waals surface area contributed by atoms with Crippen molar-refractivity contribution >= 4 is 10.9 Å². The molecular formula is C11H12ClN. The minimum absolute atomic E-state index is 0. The third-order valence-corrected chi connectivity index (χ3v) is 2.12. The van der Waals surface area contributed by atoms with Crippen molar-refractivity contribution in [3.05, 3.63) is 42.1 Å². The van der Waals surface area contributed by atoms with Crippen LogP contribution in [-0.4, -0.2) is 0 Å². The molecule has 0 radical (unpaired) electrons. The highest BCUT2D eigenvalue weighted by molar-refractivity contribution is 5.75. The van der Waals surface area contributed by atoms with Crippen LogP contribution in [0.25, 0.3) is 10.9 Å². The predicted octanol–water partition coefficient (Wildman–Crippen LogP) is -0.780. The van der Waals surface area contributed by atoms with Crippen molar-refractivity contribution in [1.82, 2.24) is 0 Å². The summed E-state index contributed by atoms with van der Waals surface area (Å²) in [6, 6.07) is 10.6. The number of pyridine rings is 1. The Hall–Kier alpha value is -1.08. The molecule has 0 spiro atoms. The summed E-state index contributed by atoms with van der Waals surface area (Å²) in [4.78, 5) is 3.27. The van der Waals surface area contributed by atoms with Gasteiger partial charge in [0.2, 0.25) is 5.52 Å². The first-order valence-electron chi connectivity index (χ1n) is 4.29. The average Bonchev–Trinajstić information content (AvgIpc) is 2.17. The molecule has 2 rings (SSSR count). The number of aryl methyl sites for hydroxylation is 1. The summed E-state index contributed by atoms with van der Waals surface area (Å²) in [7, 11) is 0. The van der Waals surface area contributed by atoms with Crippen LogP contribution >= 0.6 is 0 Å². The SMILES string of the molecule is CCc1c[nH+]c2ccccc2c1.[Cl-]. The highest BCUT2D eigenvalue weighted by atomic mass is 35.5. The van der Waals surface area contributed by atoms with Crippen molar-refractivity contribution < 1.29 is 17.4 Å². The van der Waals surface area contributed by atoms with Crippen LogP contribution in [0.15, 0.2) is 36.5 Å². The zero-order valence-electron chi connectivity index (χ0n) is 7.55. The first kappa shape index (κ1) is 10.0. The number of para-hydroxylation sites is 1. The lowest BCUT2D eigenvalue weighted by Crippen LogP contribution is -3.00. The van der Waals surface area contributed by atoms with Crippen molar-refractivity contribution in [2.24, 2.45) is 0 Å². The lowest BCUT2D eigenvalue weighted by atomic mass is 10.1. The van der Waals surface area contributed by atoms with Gasteiger partial charge in [0, 0.05) is 17.0 Å². The van der Waals surface area contributed by atoms with Gasteiger partial charge < -0.3 is 12.4 Å². The molecule has 0 aliphatic heterocycles. The summed E-state index contributed by atoms with van der Waals surface area (Å²) in [5.41, 5.74) is 2.56. The molecule has 0 saturated heterocycles. The van der Waals surface area contributed by atoms with E-state index < -0.39 is 0 Å². The van der Waals surface area contributed by atoms with E-state index in [1.54, 1.807) is 0 Å². The Morgan fingerprint density at radius 2 is 2.00 bits per heavy atom. The topological polar surface area (TPSA) is 14.1 Å². The number of hydrogen-bond donors (Lipinski definition) is 0. The molecule has 1 nitrogen and oxygen atoms in total. The largest absolute Gasteiger partial charge is 1.00 e. The maximum Gasteiger partial charge on any atom is 0.210 e. The Labute approximate surface area is 84.2 Å². The van der Waals surface area contributed by atoms with Gasteiger partial charge in [-0.2, -0.15) is 0 Å². The smallest absolute Gasteiger partial charge is 0.210 e. The maximum absolute atomic E-state index is 3.27. The maximum atomic E-state index is 3.27. The van der Waals surface area contributed by atoms with Gasteiger partial charge in [0.15, 0.2) is 6.20 Å². The Morgan fingerprint density at radius 1 is 1.23 bits per heavy atom. The molecule has 1 aromatic carbocycles. The zero-order chi connectivity index (χ0) is 8.39. The van der Waals surface area contributed by atoms with Crippen LogP contribution in [0, 0.1) is 0 Å². The van der Waals surface area contributed by atoms with Crippen LogP contribution in [0.4, 0.5) is 0 Å². The minimum Gasteiger partial charge on any atom is -1.00 e. The number of fused-ring (bicyclic) bond motifs is 1. The lowest BCUT2D eigenvalue weighted by molar-refractivity contribution is -0.345. The molecule has 0 fully saturated rings. The number of H-pyrrole nitrogens is 1. The Bertz CT molecular complexity index is 398. The van der Waals surface area contributed by atoms with Crippen molar-refractivity contribution in [3.8, 4) is 0 Å². The molecule has 2 heteroatoms. The second kappa shape index (κ2) is 4.24. The molecule has 1 N–H and O–H groups in total. The molecule has 0 bridgehead atoms. The number of hydrogen-bond acceptors (Lipinski definition) is 0. The van der Waals surface area contributed by atoms with E-state index in [-0.39, 0.29) is 12.4 Å². The molecule has 13 heavy (non-hydrogen) atoms. The molecular weight excluding hydrogens is 182 g/mol. The van der Waals surface area contributed by atoms with E-state index in [0.29, 0.717) is 0 Å². The first-order chi connectivity index (χ1) is 5.90. The molecule has 0 saturated carbocycles. The second-order valence-corrected chi connectivity index (χ2v) is 2.95. The van der Waals surface area contributed by atoms with Crippen molar-refractivity contribution in [1.29, 1.82) is 0 Å². The van der Waals surface area contributed by atoms with Gasteiger partial charge in [-0.3, -0.25) is 0 Å². The first-order valence-corrected chi connectivity index (χ1v) is 4.29. The lowest BCUT2D eigenvalue weighted by Gasteiger charge is -1.93. The summed E-state index contributed by atoms with van der Waals surface area (Å²) >= 11 is 0. The fourth-order valence-electron chi connectivity index (χ4n) is 1.37.